The fraction of sp³-hybridized carbons (Fsp3) is 0.667. The van der Waals surface area contributed by atoms with Crippen LogP contribution < -0.4 is 5.32 Å². The van der Waals surface area contributed by atoms with Crippen molar-refractivity contribution < 1.29 is 22.7 Å². The predicted octanol–water partition coefficient (Wildman–Crippen LogP) is 3.42. The molecule has 28 heavy (non-hydrogen) atoms. The first-order valence-corrected chi connectivity index (χ1v) is 10.2. The normalized spacial score (nSPS) is 32.8. The fourth-order valence-electron chi connectivity index (χ4n) is 4.93. The number of benzene rings is 1. The topological polar surface area (TPSA) is 41.6 Å². The van der Waals surface area contributed by atoms with Gasteiger partial charge in [-0.05, 0) is 67.2 Å². The first-order chi connectivity index (χ1) is 13.4. The van der Waals surface area contributed by atoms with Gasteiger partial charge in [0.25, 0.3) is 5.91 Å². The van der Waals surface area contributed by atoms with E-state index in [1.807, 2.05) is 0 Å². The highest BCUT2D eigenvalue weighted by molar-refractivity contribution is 5.96. The van der Waals surface area contributed by atoms with Crippen LogP contribution in [0.15, 0.2) is 18.2 Å². The van der Waals surface area contributed by atoms with Crippen molar-refractivity contribution >= 4 is 5.91 Å². The molecule has 2 unspecified atom stereocenters. The van der Waals surface area contributed by atoms with Gasteiger partial charge in [-0.1, -0.05) is 0 Å². The van der Waals surface area contributed by atoms with E-state index in [9.17, 15) is 18.0 Å². The molecule has 2 aliphatic heterocycles. The third kappa shape index (κ3) is 3.54. The highest BCUT2D eigenvalue weighted by atomic mass is 19.4. The van der Waals surface area contributed by atoms with Gasteiger partial charge in [-0.15, -0.1) is 0 Å². The molecule has 1 aromatic rings. The average molecular weight is 394 g/mol. The monoisotopic (exact) mass is 394 g/mol. The molecular weight excluding hydrogens is 369 g/mol. The molecule has 5 rings (SSSR count). The Balaban J connectivity index is 1.34. The van der Waals surface area contributed by atoms with Gasteiger partial charge in [0, 0.05) is 31.3 Å². The molecule has 0 radical (unpaired) electrons. The molecule has 0 spiro atoms. The molecule has 7 heteroatoms. The number of amides is 1. The molecule has 1 amide bonds. The van der Waals surface area contributed by atoms with Crippen LogP contribution in [-0.2, 0) is 10.9 Å². The van der Waals surface area contributed by atoms with E-state index < -0.39 is 11.7 Å². The van der Waals surface area contributed by atoms with Gasteiger partial charge in [0.15, 0.2) is 0 Å². The van der Waals surface area contributed by atoms with Crippen molar-refractivity contribution in [3.63, 3.8) is 0 Å². The SMILES string of the molecule is O=C(N[C@@H]1COCC[C@H]1N1CC2CC2C1)c1ccc(C(F)(F)F)cc1C1CC1. The van der Waals surface area contributed by atoms with E-state index in [4.69, 9.17) is 4.74 Å². The molecular formula is C21H25F3N2O2. The van der Waals surface area contributed by atoms with Gasteiger partial charge in [-0.2, -0.15) is 13.2 Å². The van der Waals surface area contributed by atoms with Gasteiger partial charge in [0.05, 0.1) is 18.2 Å². The number of ether oxygens (including phenoxy) is 1. The van der Waals surface area contributed by atoms with Crippen LogP contribution in [0.25, 0.3) is 0 Å². The summed E-state index contributed by atoms with van der Waals surface area (Å²) in [5, 5.41) is 3.09. The highest BCUT2D eigenvalue weighted by Crippen LogP contribution is 2.46. The molecule has 0 aromatic heterocycles. The molecule has 2 aliphatic carbocycles. The minimum Gasteiger partial charge on any atom is -0.379 e. The minimum absolute atomic E-state index is 0.0622. The first kappa shape index (κ1) is 18.4. The van der Waals surface area contributed by atoms with E-state index in [1.165, 1.54) is 12.5 Å². The highest BCUT2D eigenvalue weighted by Gasteiger charge is 2.48. The number of nitrogens with zero attached hydrogens (tertiary/aromatic N) is 1. The van der Waals surface area contributed by atoms with Crippen molar-refractivity contribution in [1.82, 2.24) is 10.2 Å². The van der Waals surface area contributed by atoms with Gasteiger partial charge in [-0.25, -0.2) is 0 Å². The van der Waals surface area contributed by atoms with Crippen molar-refractivity contribution in [2.75, 3.05) is 26.3 Å². The van der Waals surface area contributed by atoms with Crippen LogP contribution in [0.4, 0.5) is 13.2 Å². The number of carbonyl (C=O) groups is 1. The summed E-state index contributed by atoms with van der Waals surface area (Å²) in [5.41, 5.74) is 0.230. The van der Waals surface area contributed by atoms with Gasteiger partial charge in [-0.3, -0.25) is 9.69 Å². The average Bonchev–Trinajstić information content (AvgIpc) is 3.60. The maximum Gasteiger partial charge on any atom is 0.416 e. The Labute approximate surface area is 162 Å². The third-order valence-corrected chi connectivity index (χ3v) is 6.75. The van der Waals surface area contributed by atoms with Crippen LogP contribution in [0.2, 0.25) is 0 Å². The molecule has 1 N–H and O–H groups in total. The van der Waals surface area contributed by atoms with Crippen molar-refractivity contribution in [2.45, 2.75) is 49.9 Å². The van der Waals surface area contributed by atoms with E-state index in [-0.39, 0.29) is 23.9 Å². The summed E-state index contributed by atoms with van der Waals surface area (Å²) in [6.45, 7) is 3.34. The van der Waals surface area contributed by atoms with Gasteiger partial charge < -0.3 is 10.1 Å². The number of likely N-dealkylation sites (tertiary alicyclic amines) is 1. The molecule has 4 aliphatic rings. The Bertz CT molecular complexity index is 767. The van der Waals surface area contributed by atoms with Crippen molar-refractivity contribution in [3.05, 3.63) is 34.9 Å². The summed E-state index contributed by atoms with van der Waals surface area (Å²) < 4.78 is 44.9. The van der Waals surface area contributed by atoms with E-state index in [2.05, 4.69) is 10.2 Å². The number of piperidine rings is 1. The van der Waals surface area contributed by atoms with E-state index in [0.717, 1.165) is 56.3 Å². The summed E-state index contributed by atoms with van der Waals surface area (Å²) in [7, 11) is 0. The van der Waals surface area contributed by atoms with Crippen molar-refractivity contribution in [3.8, 4) is 0 Å². The third-order valence-electron chi connectivity index (χ3n) is 6.75. The molecule has 4 atom stereocenters. The van der Waals surface area contributed by atoms with E-state index in [1.54, 1.807) is 0 Å². The molecule has 4 nitrogen and oxygen atoms in total. The molecule has 4 fully saturated rings. The Kier molecular flexibility index (Phi) is 4.43. The smallest absolute Gasteiger partial charge is 0.379 e. The van der Waals surface area contributed by atoms with Crippen LogP contribution in [0.5, 0.6) is 0 Å². The zero-order valence-corrected chi connectivity index (χ0v) is 15.7. The molecule has 2 saturated heterocycles. The van der Waals surface area contributed by atoms with Crippen molar-refractivity contribution in [1.29, 1.82) is 0 Å². The maximum atomic E-state index is 13.1. The maximum absolute atomic E-state index is 13.1. The lowest BCUT2D eigenvalue weighted by Crippen LogP contribution is -2.56. The quantitative estimate of drug-likeness (QED) is 0.851. The number of nitrogens with one attached hydrogen (secondary N) is 1. The van der Waals surface area contributed by atoms with Crippen LogP contribution in [-0.4, -0.2) is 49.2 Å². The van der Waals surface area contributed by atoms with E-state index in [0.29, 0.717) is 24.3 Å². The Morgan fingerprint density at radius 2 is 1.89 bits per heavy atom. The van der Waals surface area contributed by atoms with E-state index >= 15 is 0 Å². The fourth-order valence-corrected chi connectivity index (χ4v) is 4.93. The minimum atomic E-state index is -4.39. The zero-order chi connectivity index (χ0) is 19.5. The van der Waals surface area contributed by atoms with Gasteiger partial charge >= 0.3 is 6.18 Å². The van der Waals surface area contributed by atoms with Gasteiger partial charge in [0.1, 0.15) is 0 Å². The lowest BCUT2D eigenvalue weighted by molar-refractivity contribution is -0.137. The number of carbonyl (C=O) groups excluding carboxylic acids is 1. The van der Waals surface area contributed by atoms with Crippen LogP contribution in [0.3, 0.4) is 0 Å². The summed E-state index contributed by atoms with van der Waals surface area (Å²) >= 11 is 0. The molecule has 0 bridgehead atoms. The standard InChI is InChI=1S/C21H25F3N2O2/c22-21(23,24)15-3-4-16(17(8-15)12-1-2-12)20(27)25-18-11-28-6-5-19(18)26-9-13-7-14(13)10-26/h3-4,8,12-14,18-19H,1-2,5-7,9-11H2,(H,25,27)/t13?,14?,18-,19-/m1/s1. The van der Waals surface area contributed by atoms with Crippen LogP contribution in [0, 0.1) is 11.8 Å². The zero-order valence-electron chi connectivity index (χ0n) is 15.7. The Morgan fingerprint density at radius 1 is 1.14 bits per heavy atom. The molecule has 2 heterocycles. The number of hydrogen-bond acceptors (Lipinski definition) is 3. The first-order valence-electron chi connectivity index (χ1n) is 10.2. The van der Waals surface area contributed by atoms with Crippen molar-refractivity contribution in [2.24, 2.45) is 11.8 Å². The van der Waals surface area contributed by atoms with Crippen LogP contribution >= 0.6 is 0 Å². The number of alkyl halides is 3. The second-order valence-corrected chi connectivity index (χ2v) is 8.79. The predicted molar refractivity (Wildman–Crippen MR) is 97.1 cm³/mol. The Hall–Kier alpha value is -1.60. The molecule has 2 saturated carbocycles. The number of hydrogen-bond donors (Lipinski definition) is 1. The lowest BCUT2D eigenvalue weighted by Gasteiger charge is -2.39. The summed E-state index contributed by atoms with van der Waals surface area (Å²) in [6, 6.07) is 3.66. The second-order valence-electron chi connectivity index (χ2n) is 8.79. The lowest BCUT2D eigenvalue weighted by atomic mass is 9.97. The molecule has 1 aromatic carbocycles. The summed E-state index contributed by atoms with van der Waals surface area (Å²) in [5.74, 6) is 1.42. The molecule has 152 valence electrons. The second kappa shape index (κ2) is 6.73. The Morgan fingerprint density at radius 3 is 2.57 bits per heavy atom. The summed E-state index contributed by atoms with van der Waals surface area (Å²) in [6.07, 6.45) is -0.502. The largest absolute Gasteiger partial charge is 0.416 e. The number of halogens is 3. The van der Waals surface area contributed by atoms with Crippen LogP contribution in [0.1, 0.15) is 53.1 Å². The van der Waals surface area contributed by atoms with Gasteiger partial charge in [0.2, 0.25) is 0 Å². The number of rotatable bonds is 4. The number of fused-ring (bicyclic) bond motifs is 1. The summed E-state index contributed by atoms with van der Waals surface area (Å²) in [4.78, 5) is 15.5.